The molecule has 1 rings (SSSR count). The molecule has 0 bridgehead atoms. The summed E-state index contributed by atoms with van der Waals surface area (Å²) in [7, 11) is 0. The molecule has 3 unspecified atom stereocenters. The Morgan fingerprint density at radius 2 is 1.41 bits per heavy atom. The van der Waals surface area contributed by atoms with Gasteiger partial charge in [-0.15, -0.1) is 0 Å². The van der Waals surface area contributed by atoms with Crippen molar-refractivity contribution in [2.75, 3.05) is 11.9 Å². The summed E-state index contributed by atoms with van der Waals surface area (Å²) in [5.74, 6) is -3.30. The minimum atomic E-state index is -1.00. The van der Waals surface area contributed by atoms with Crippen LogP contribution < -0.4 is 27.0 Å². The third-order valence-electron chi connectivity index (χ3n) is 5.41. The van der Waals surface area contributed by atoms with Gasteiger partial charge in [-0.05, 0) is 44.2 Å². The highest BCUT2D eigenvalue weighted by atomic mass is 16.4. The Hall–Kier alpha value is -3.63. The molecule has 11 nitrogen and oxygen atoms in total. The van der Waals surface area contributed by atoms with Crippen molar-refractivity contribution in [1.29, 1.82) is 0 Å². The molecule has 0 aromatic heterocycles. The zero-order valence-electron chi connectivity index (χ0n) is 24.7. The van der Waals surface area contributed by atoms with Crippen molar-refractivity contribution in [3.63, 3.8) is 0 Å². The van der Waals surface area contributed by atoms with E-state index in [4.69, 9.17) is 10.8 Å². The summed E-state index contributed by atoms with van der Waals surface area (Å²) in [6.45, 7) is 15.3. The molecule has 222 valence electrons. The van der Waals surface area contributed by atoms with Gasteiger partial charge in [0.2, 0.25) is 17.7 Å². The van der Waals surface area contributed by atoms with E-state index in [1.165, 1.54) is 0 Å². The molecule has 0 spiro atoms. The topological polar surface area (TPSA) is 180 Å². The first-order valence-corrected chi connectivity index (χ1v) is 13.6. The lowest BCUT2D eigenvalue weighted by atomic mass is 9.99. The van der Waals surface area contributed by atoms with E-state index in [0.29, 0.717) is 12.1 Å². The maximum atomic E-state index is 13.1. The molecule has 0 aliphatic carbocycles. The largest absolute Gasteiger partial charge is 0.481 e. The molecule has 1 aromatic carbocycles. The SMILES string of the molecule is CC.CC.Cc1ccc(NC(=O)C(CCCNC(N)=O)NC(=O)C(NC(=O)C(C)CCC(=O)O)C(C)C)cc1. The average molecular weight is 552 g/mol. The normalized spacial score (nSPS) is 12.2. The van der Waals surface area contributed by atoms with Gasteiger partial charge in [-0.1, -0.05) is 66.2 Å². The number of nitrogens with one attached hydrogen (secondary N) is 4. The molecule has 3 atom stereocenters. The predicted molar refractivity (Wildman–Crippen MR) is 154 cm³/mol. The number of carboxylic acids is 1. The number of rotatable bonds is 14. The maximum absolute atomic E-state index is 13.1. The highest BCUT2D eigenvalue weighted by molar-refractivity contribution is 5.98. The van der Waals surface area contributed by atoms with Crippen LogP contribution in [0.3, 0.4) is 0 Å². The number of primary amides is 1. The van der Waals surface area contributed by atoms with Crippen molar-refractivity contribution in [1.82, 2.24) is 16.0 Å². The summed E-state index contributed by atoms with van der Waals surface area (Å²) in [5.41, 5.74) is 6.67. The number of hydrogen-bond acceptors (Lipinski definition) is 5. The summed E-state index contributed by atoms with van der Waals surface area (Å²) in [5, 5.41) is 19.4. The minimum absolute atomic E-state index is 0.141. The molecular weight excluding hydrogens is 502 g/mol. The van der Waals surface area contributed by atoms with Crippen LogP contribution >= 0.6 is 0 Å². The number of aryl methyl sites for hydroxylation is 1. The molecule has 0 saturated carbocycles. The molecule has 0 aliphatic heterocycles. The first kappa shape index (κ1) is 37.5. The third kappa shape index (κ3) is 16.7. The monoisotopic (exact) mass is 551 g/mol. The molecule has 0 aliphatic rings. The third-order valence-corrected chi connectivity index (χ3v) is 5.41. The molecule has 1 aromatic rings. The van der Waals surface area contributed by atoms with Gasteiger partial charge in [0, 0.05) is 24.6 Å². The van der Waals surface area contributed by atoms with Crippen LogP contribution in [0.25, 0.3) is 0 Å². The second-order valence-electron chi connectivity index (χ2n) is 8.91. The number of nitrogens with two attached hydrogens (primary N) is 1. The number of anilines is 1. The number of amides is 5. The summed E-state index contributed by atoms with van der Waals surface area (Å²) in [6, 6.07) is 4.64. The lowest BCUT2D eigenvalue weighted by Gasteiger charge is -2.26. The minimum Gasteiger partial charge on any atom is -0.481 e. The fraction of sp³-hybridized carbons (Fsp3) is 0.607. The zero-order valence-corrected chi connectivity index (χ0v) is 24.7. The molecule has 11 heteroatoms. The molecule has 0 saturated heterocycles. The first-order chi connectivity index (χ1) is 18.4. The van der Waals surface area contributed by atoms with Crippen LogP contribution in [0.2, 0.25) is 0 Å². The van der Waals surface area contributed by atoms with Crippen molar-refractivity contribution in [2.24, 2.45) is 17.6 Å². The van der Waals surface area contributed by atoms with Gasteiger partial charge >= 0.3 is 12.0 Å². The molecule has 5 amide bonds. The van der Waals surface area contributed by atoms with Crippen LogP contribution in [0.1, 0.15) is 79.7 Å². The maximum Gasteiger partial charge on any atom is 0.312 e. The predicted octanol–water partition coefficient (Wildman–Crippen LogP) is 3.56. The second kappa shape index (κ2) is 21.3. The van der Waals surface area contributed by atoms with E-state index in [1.54, 1.807) is 32.9 Å². The van der Waals surface area contributed by atoms with Gasteiger partial charge in [-0.3, -0.25) is 19.2 Å². The molecule has 0 heterocycles. The van der Waals surface area contributed by atoms with Crippen molar-refractivity contribution in [2.45, 2.75) is 93.2 Å². The van der Waals surface area contributed by atoms with E-state index in [0.717, 1.165) is 5.56 Å². The second-order valence-corrected chi connectivity index (χ2v) is 8.91. The van der Waals surface area contributed by atoms with Gasteiger partial charge in [0.1, 0.15) is 12.1 Å². The highest BCUT2D eigenvalue weighted by Crippen LogP contribution is 2.12. The number of aliphatic carboxylic acids is 1. The van der Waals surface area contributed by atoms with Crippen LogP contribution in [-0.2, 0) is 19.2 Å². The van der Waals surface area contributed by atoms with Gasteiger partial charge < -0.3 is 32.1 Å². The highest BCUT2D eigenvalue weighted by Gasteiger charge is 2.30. The van der Waals surface area contributed by atoms with Crippen molar-refractivity contribution < 1.29 is 29.1 Å². The first-order valence-electron chi connectivity index (χ1n) is 13.6. The molecule has 0 fully saturated rings. The Labute approximate surface area is 233 Å². The summed E-state index contributed by atoms with van der Waals surface area (Å²) >= 11 is 0. The van der Waals surface area contributed by atoms with Crippen molar-refractivity contribution in [3.05, 3.63) is 29.8 Å². The van der Waals surface area contributed by atoms with Crippen LogP contribution in [0, 0.1) is 18.8 Å². The van der Waals surface area contributed by atoms with Crippen molar-refractivity contribution in [3.8, 4) is 0 Å². The lowest BCUT2D eigenvalue weighted by molar-refractivity contribution is -0.138. The summed E-state index contributed by atoms with van der Waals surface area (Å²) < 4.78 is 0. The van der Waals surface area contributed by atoms with Crippen molar-refractivity contribution >= 4 is 35.4 Å². The van der Waals surface area contributed by atoms with Gasteiger partial charge in [0.05, 0.1) is 0 Å². The van der Waals surface area contributed by atoms with Crippen LogP contribution in [0.4, 0.5) is 10.5 Å². The standard InChI is InChI=1S/C24H37N5O6.2C2H6/c1-14(2)20(29-21(32)16(4)9-12-19(30)31)23(34)28-18(6-5-13-26-24(25)35)22(33)27-17-10-7-15(3)8-11-17;2*1-2/h7-8,10-11,14,16,18,20H,5-6,9,12-13H2,1-4H3,(H,27,33)(H,28,34)(H,29,32)(H,30,31)(H3,25,26,35);2*1-2H3. The quantitative estimate of drug-likeness (QED) is 0.192. The fourth-order valence-corrected chi connectivity index (χ4v) is 3.22. The Balaban J connectivity index is 0. The van der Waals surface area contributed by atoms with Crippen LogP contribution in [0.15, 0.2) is 24.3 Å². The molecular formula is C28H49N5O6. The lowest BCUT2D eigenvalue weighted by Crippen LogP contribution is -2.55. The smallest absolute Gasteiger partial charge is 0.312 e. The number of carbonyl (C=O) groups excluding carboxylic acids is 4. The van der Waals surface area contributed by atoms with E-state index >= 15 is 0 Å². The Bertz CT molecular complexity index is 889. The van der Waals surface area contributed by atoms with Gasteiger partial charge in [0.25, 0.3) is 0 Å². The number of urea groups is 1. The fourth-order valence-electron chi connectivity index (χ4n) is 3.22. The van der Waals surface area contributed by atoms with Crippen LogP contribution in [0.5, 0.6) is 0 Å². The van der Waals surface area contributed by atoms with Gasteiger partial charge in [0.15, 0.2) is 0 Å². The summed E-state index contributed by atoms with van der Waals surface area (Å²) in [4.78, 5) is 60.2. The van der Waals surface area contributed by atoms with E-state index in [2.05, 4.69) is 21.3 Å². The van der Waals surface area contributed by atoms with Gasteiger partial charge in [-0.2, -0.15) is 0 Å². The molecule has 0 radical (unpaired) electrons. The van der Waals surface area contributed by atoms with E-state index in [1.807, 2.05) is 46.8 Å². The van der Waals surface area contributed by atoms with E-state index < -0.39 is 47.7 Å². The Morgan fingerprint density at radius 3 is 1.90 bits per heavy atom. The number of carboxylic acid groups (broad SMARTS) is 1. The Morgan fingerprint density at radius 1 is 0.846 bits per heavy atom. The number of benzene rings is 1. The molecule has 7 N–H and O–H groups in total. The average Bonchev–Trinajstić information content (AvgIpc) is 2.90. The molecule has 39 heavy (non-hydrogen) atoms. The van der Waals surface area contributed by atoms with Crippen LogP contribution in [-0.4, -0.2) is 53.5 Å². The van der Waals surface area contributed by atoms with E-state index in [-0.39, 0.29) is 31.7 Å². The Kier molecular flexibility index (Phi) is 20.5. The number of carbonyl (C=O) groups is 5. The van der Waals surface area contributed by atoms with E-state index in [9.17, 15) is 24.0 Å². The summed E-state index contributed by atoms with van der Waals surface area (Å²) in [6.07, 6.45) is 0.577. The zero-order chi connectivity index (χ0) is 30.5. The van der Waals surface area contributed by atoms with Gasteiger partial charge in [-0.25, -0.2) is 4.79 Å². The number of hydrogen-bond donors (Lipinski definition) is 6.